The maximum absolute atomic E-state index is 12.0. The molecule has 0 saturated heterocycles. The van der Waals surface area contributed by atoms with Gasteiger partial charge in [0.15, 0.2) is 0 Å². The number of Topliss-reactive ketones (excluding diaryl/α,β-unsaturated/α-hetero) is 1. The first-order chi connectivity index (χ1) is 6.01. The SMILES string of the molecule is CC1(C)C(CC(=O)C(F)(F)F)C1(C)C. The van der Waals surface area contributed by atoms with E-state index in [0.29, 0.717) is 0 Å². The van der Waals surface area contributed by atoms with Gasteiger partial charge in [0, 0.05) is 6.42 Å². The minimum atomic E-state index is -4.67. The minimum Gasteiger partial charge on any atom is -0.290 e. The van der Waals surface area contributed by atoms with Gasteiger partial charge < -0.3 is 0 Å². The van der Waals surface area contributed by atoms with E-state index >= 15 is 0 Å². The Morgan fingerprint density at radius 2 is 1.50 bits per heavy atom. The summed E-state index contributed by atoms with van der Waals surface area (Å²) < 4.78 is 36.0. The molecule has 1 rings (SSSR count). The van der Waals surface area contributed by atoms with Gasteiger partial charge >= 0.3 is 6.18 Å². The van der Waals surface area contributed by atoms with Gasteiger partial charge in [-0.2, -0.15) is 13.2 Å². The molecule has 4 heteroatoms. The molecular weight excluding hydrogens is 193 g/mol. The van der Waals surface area contributed by atoms with Gasteiger partial charge in [0.1, 0.15) is 0 Å². The molecule has 0 spiro atoms. The van der Waals surface area contributed by atoms with Crippen LogP contribution < -0.4 is 0 Å². The van der Waals surface area contributed by atoms with Crippen molar-refractivity contribution >= 4 is 5.78 Å². The van der Waals surface area contributed by atoms with E-state index in [0.717, 1.165) is 0 Å². The van der Waals surface area contributed by atoms with Crippen molar-refractivity contribution in [2.24, 2.45) is 16.7 Å². The lowest BCUT2D eigenvalue weighted by Crippen LogP contribution is -2.23. The zero-order valence-corrected chi connectivity index (χ0v) is 8.83. The Balaban J connectivity index is 2.63. The highest BCUT2D eigenvalue weighted by molar-refractivity contribution is 5.84. The second-order valence-electron chi connectivity index (χ2n) is 5.12. The van der Waals surface area contributed by atoms with Crippen molar-refractivity contribution in [3.63, 3.8) is 0 Å². The summed E-state index contributed by atoms with van der Waals surface area (Å²) in [6, 6.07) is 0. The first kappa shape index (κ1) is 11.5. The van der Waals surface area contributed by atoms with Crippen molar-refractivity contribution in [1.29, 1.82) is 0 Å². The molecule has 0 aromatic heterocycles. The Morgan fingerprint density at radius 3 is 1.71 bits per heavy atom. The molecule has 0 heterocycles. The minimum absolute atomic E-state index is 0.149. The van der Waals surface area contributed by atoms with Crippen LogP contribution in [0.4, 0.5) is 13.2 Å². The van der Waals surface area contributed by atoms with E-state index in [1.54, 1.807) is 0 Å². The van der Waals surface area contributed by atoms with Gasteiger partial charge in [-0.05, 0) is 16.7 Å². The molecule has 0 aliphatic heterocycles. The Labute approximate surface area is 81.7 Å². The van der Waals surface area contributed by atoms with Crippen molar-refractivity contribution in [2.75, 3.05) is 0 Å². The van der Waals surface area contributed by atoms with E-state index in [9.17, 15) is 18.0 Å². The summed E-state index contributed by atoms with van der Waals surface area (Å²) in [5, 5.41) is 0. The molecule has 0 atom stereocenters. The molecule has 0 aromatic rings. The lowest BCUT2D eigenvalue weighted by atomic mass is 10.0. The van der Waals surface area contributed by atoms with Crippen LogP contribution in [0.1, 0.15) is 34.1 Å². The van der Waals surface area contributed by atoms with E-state index in [4.69, 9.17) is 0 Å². The highest BCUT2D eigenvalue weighted by Crippen LogP contribution is 2.69. The second-order valence-corrected chi connectivity index (χ2v) is 5.12. The topological polar surface area (TPSA) is 17.1 Å². The first-order valence-corrected chi connectivity index (χ1v) is 4.61. The number of hydrogen-bond acceptors (Lipinski definition) is 1. The lowest BCUT2D eigenvalue weighted by Gasteiger charge is -2.05. The van der Waals surface area contributed by atoms with Crippen LogP contribution >= 0.6 is 0 Å². The fourth-order valence-corrected chi connectivity index (χ4v) is 2.14. The number of ketones is 1. The van der Waals surface area contributed by atoms with Gasteiger partial charge in [0.2, 0.25) is 5.78 Å². The highest BCUT2D eigenvalue weighted by atomic mass is 19.4. The molecule has 14 heavy (non-hydrogen) atoms. The fraction of sp³-hybridized carbons (Fsp3) is 0.900. The van der Waals surface area contributed by atoms with Gasteiger partial charge in [-0.25, -0.2) is 0 Å². The molecule has 0 bridgehead atoms. The van der Waals surface area contributed by atoms with Gasteiger partial charge in [-0.1, -0.05) is 27.7 Å². The predicted molar refractivity (Wildman–Crippen MR) is 46.7 cm³/mol. The van der Waals surface area contributed by atoms with Crippen LogP contribution in [0.15, 0.2) is 0 Å². The third-order valence-corrected chi connectivity index (χ3v) is 4.03. The van der Waals surface area contributed by atoms with Gasteiger partial charge in [-0.15, -0.1) is 0 Å². The quantitative estimate of drug-likeness (QED) is 0.681. The lowest BCUT2D eigenvalue weighted by molar-refractivity contribution is -0.171. The molecule has 1 aliphatic carbocycles. The van der Waals surface area contributed by atoms with Crippen molar-refractivity contribution in [3.8, 4) is 0 Å². The molecule has 1 saturated carbocycles. The summed E-state index contributed by atoms with van der Waals surface area (Å²) in [7, 11) is 0. The predicted octanol–water partition coefficient (Wildman–Crippen LogP) is 3.19. The summed E-state index contributed by atoms with van der Waals surface area (Å²) in [6.45, 7) is 7.62. The van der Waals surface area contributed by atoms with E-state index in [-0.39, 0.29) is 23.2 Å². The van der Waals surface area contributed by atoms with Crippen LogP contribution in [0.5, 0.6) is 0 Å². The Bertz CT molecular complexity index is 249. The normalized spacial score (nSPS) is 24.8. The summed E-state index contributed by atoms with van der Waals surface area (Å²) in [4.78, 5) is 10.8. The molecule has 1 nitrogen and oxygen atoms in total. The standard InChI is InChI=1S/C10H15F3O/c1-8(2)6(9(8,3)4)5-7(14)10(11,12)13/h6H,5H2,1-4H3. The van der Waals surface area contributed by atoms with Crippen LogP contribution in [-0.4, -0.2) is 12.0 Å². The highest BCUT2D eigenvalue weighted by Gasteiger charge is 2.65. The molecule has 0 amide bonds. The number of alkyl halides is 3. The summed E-state index contributed by atoms with van der Waals surface area (Å²) >= 11 is 0. The number of carbonyl (C=O) groups excluding carboxylic acids is 1. The zero-order chi connectivity index (χ0) is 11.4. The summed E-state index contributed by atoms with van der Waals surface area (Å²) in [6.07, 6.45) is -5.04. The van der Waals surface area contributed by atoms with E-state index in [1.807, 2.05) is 27.7 Å². The van der Waals surface area contributed by atoms with Gasteiger partial charge in [0.05, 0.1) is 0 Å². The molecule has 0 N–H and O–H groups in total. The van der Waals surface area contributed by atoms with Crippen LogP contribution in [-0.2, 0) is 4.79 Å². The molecular formula is C10H15F3O. The average Bonchev–Trinajstić information content (AvgIpc) is 2.30. The first-order valence-electron chi connectivity index (χ1n) is 4.61. The van der Waals surface area contributed by atoms with Gasteiger partial charge in [0.25, 0.3) is 0 Å². The monoisotopic (exact) mass is 208 g/mol. The van der Waals surface area contributed by atoms with E-state index in [1.165, 1.54) is 0 Å². The molecule has 0 unspecified atom stereocenters. The van der Waals surface area contributed by atoms with Crippen molar-refractivity contribution < 1.29 is 18.0 Å². The smallest absolute Gasteiger partial charge is 0.290 e. The summed E-state index contributed by atoms with van der Waals surface area (Å²) in [5.41, 5.74) is -0.318. The fourth-order valence-electron chi connectivity index (χ4n) is 2.14. The third kappa shape index (κ3) is 1.55. The molecule has 82 valence electrons. The van der Waals surface area contributed by atoms with Crippen molar-refractivity contribution in [1.82, 2.24) is 0 Å². The molecule has 0 radical (unpaired) electrons. The van der Waals surface area contributed by atoms with Crippen molar-refractivity contribution in [3.05, 3.63) is 0 Å². The average molecular weight is 208 g/mol. The zero-order valence-electron chi connectivity index (χ0n) is 8.83. The molecule has 0 aromatic carbocycles. The van der Waals surface area contributed by atoms with Crippen molar-refractivity contribution in [2.45, 2.75) is 40.3 Å². The molecule has 1 fully saturated rings. The largest absolute Gasteiger partial charge is 0.449 e. The summed E-state index contributed by atoms with van der Waals surface area (Å²) in [5.74, 6) is -1.75. The number of halogens is 3. The number of rotatable bonds is 2. The van der Waals surface area contributed by atoms with Crippen LogP contribution in [0, 0.1) is 16.7 Å². The van der Waals surface area contributed by atoms with Crippen LogP contribution in [0.3, 0.4) is 0 Å². The van der Waals surface area contributed by atoms with Gasteiger partial charge in [-0.3, -0.25) is 4.79 Å². The Hall–Kier alpha value is -0.540. The number of carbonyl (C=O) groups is 1. The second kappa shape index (κ2) is 2.74. The van der Waals surface area contributed by atoms with Crippen LogP contribution in [0.25, 0.3) is 0 Å². The Kier molecular flexibility index (Phi) is 2.25. The molecule has 1 aliphatic rings. The maximum Gasteiger partial charge on any atom is 0.449 e. The maximum atomic E-state index is 12.0. The van der Waals surface area contributed by atoms with E-state index in [2.05, 4.69) is 0 Å². The Morgan fingerprint density at radius 1 is 1.14 bits per heavy atom. The van der Waals surface area contributed by atoms with E-state index < -0.39 is 12.0 Å². The third-order valence-electron chi connectivity index (χ3n) is 4.03. The van der Waals surface area contributed by atoms with Crippen LogP contribution in [0.2, 0.25) is 0 Å². The number of hydrogen-bond donors (Lipinski definition) is 0.